The summed E-state index contributed by atoms with van der Waals surface area (Å²) in [5.74, 6) is 0.551. The Kier molecular flexibility index (Phi) is 4.99. The number of ether oxygens (including phenoxy) is 1. The first-order valence-electron chi connectivity index (χ1n) is 7.08. The van der Waals surface area contributed by atoms with Crippen molar-refractivity contribution in [3.8, 4) is 5.75 Å². The Bertz CT molecular complexity index is 579. The zero-order valence-corrected chi connectivity index (χ0v) is 13.7. The maximum absolute atomic E-state index is 12.3. The molecule has 4 heteroatoms. The molecule has 0 saturated heterocycles. The van der Waals surface area contributed by atoms with E-state index in [4.69, 9.17) is 4.74 Å². The summed E-state index contributed by atoms with van der Waals surface area (Å²) in [4.78, 5) is 24.4. The zero-order chi connectivity index (χ0) is 15.5. The van der Waals surface area contributed by atoms with Crippen molar-refractivity contribution in [3.63, 3.8) is 0 Å². The van der Waals surface area contributed by atoms with Crippen LogP contribution in [-0.2, 0) is 9.59 Å². The number of carbonyl (C=O) groups excluding carboxylic acids is 2. The first-order chi connectivity index (χ1) is 9.98. The van der Waals surface area contributed by atoms with Crippen LogP contribution >= 0.6 is 15.9 Å². The first kappa shape index (κ1) is 16.0. The van der Waals surface area contributed by atoms with Crippen LogP contribution in [0.2, 0.25) is 0 Å². The smallest absolute Gasteiger partial charge is 0.150 e. The Hall–Kier alpha value is -1.42. The van der Waals surface area contributed by atoms with Gasteiger partial charge in [-0.2, -0.15) is 0 Å². The van der Waals surface area contributed by atoms with Gasteiger partial charge in [-0.25, -0.2) is 0 Å². The largest absolute Gasteiger partial charge is 0.488 e. The van der Waals surface area contributed by atoms with Crippen molar-refractivity contribution in [2.45, 2.75) is 32.6 Å². The fourth-order valence-electron chi connectivity index (χ4n) is 2.87. The molecule has 1 aromatic carbocycles. The van der Waals surface area contributed by atoms with E-state index < -0.39 is 5.41 Å². The normalized spacial score (nSPS) is 21.9. The van der Waals surface area contributed by atoms with Crippen LogP contribution in [0.4, 0.5) is 0 Å². The summed E-state index contributed by atoms with van der Waals surface area (Å²) < 4.78 is 6.56. The van der Waals surface area contributed by atoms with Crippen LogP contribution in [0.3, 0.4) is 0 Å². The van der Waals surface area contributed by atoms with Gasteiger partial charge in [0.05, 0.1) is 4.47 Å². The molecule has 1 unspecified atom stereocenters. The highest BCUT2D eigenvalue weighted by Crippen LogP contribution is 2.40. The van der Waals surface area contributed by atoms with Crippen molar-refractivity contribution in [2.24, 2.45) is 5.41 Å². The Balaban J connectivity index is 2.15. The molecule has 0 amide bonds. The van der Waals surface area contributed by atoms with Crippen LogP contribution < -0.4 is 4.74 Å². The molecule has 0 heterocycles. The number of para-hydroxylation sites is 1. The average molecular weight is 351 g/mol. The number of hydrogen-bond donors (Lipinski definition) is 0. The third-order valence-corrected chi connectivity index (χ3v) is 4.78. The van der Waals surface area contributed by atoms with E-state index in [1.54, 1.807) is 0 Å². The SMILES string of the molecule is C=C(COc1ccccc1Br)C1(C(C)=O)CCCCC1=O. The van der Waals surface area contributed by atoms with E-state index in [1.165, 1.54) is 6.92 Å². The van der Waals surface area contributed by atoms with Crippen LogP contribution in [0.5, 0.6) is 5.75 Å². The molecule has 1 saturated carbocycles. The monoisotopic (exact) mass is 350 g/mol. The molecular weight excluding hydrogens is 332 g/mol. The lowest BCUT2D eigenvalue weighted by Gasteiger charge is -2.35. The minimum Gasteiger partial charge on any atom is -0.488 e. The highest BCUT2D eigenvalue weighted by molar-refractivity contribution is 9.10. The Morgan fingerprint density at radius 2 is 2.10 bits per heavy atom. The molecule has 1 fully saturated rings. The zero-order valence-electron chi connectivity index (χ0n) is 12.2. The van der Waals surface area contributed by atoms with Gasteiger partial charge < -0.3 is 4.74 Å². The van der Waals surface area contributed by atoms with Crippen LogP contribution in [0, 0.1) is 5.41 Å². The van der Waals surface area contributed by atoms with Gasteiger partial charge in [0.2, 0.25) is 0 Å². The molecule has 0 aliphatic heterocycles. The van der Waals surface area contributed by atoms with E-state index in [2.05, 4.69) is 22.5 Å². The second-order valence-corrected chi connectivity index (χ2v) is 6.27. The second-order valence-electron chi connectivity index (χ2n) is 5.41. The lowest BCUT2D eigenvalue weighted by molar-refractivity contribution is -0.139. The van der Waals surface area contributed by atoms with Gasteiger partial charge in [-0.1, -0.05) is 25.1 Å². The highest BCUT2D eigenvalue weighted by Gasteiger charge is 2.46. The third-order valence-electron chi connectivity index (χ3n) is 4.12. The summed E-state index contributed by atoms with van der Waals surface area (Å²) in [6, 6.07) is 7.48. The molecule has 3 nitrogen and oxygen atoms in total. The van der Waals surface area contributed by atoms with Gasteiger partial charge in [0, 0.05) is 6.42 Å². The molecule has 21 heavy (non-hydrogen) atoms. The fraction of sp³-hybridized carbons (Fsp3) is 0.412. The van der Waals surface area contributed by atoms with Gasteiger partial charge in [0.1, 0.15) is 23.6 Å². The summed E-state index contributed by atoms with van der Waals surface area (Å²) in [5.41, 5.74) is -0.477. The van der Waals surface area contributed by atoms with Gasteiger partial charge in [-0.05, 0) is 53.4 Å². The van der Waals surface area contributed by atoms with Gasteiger partial charge >= 0.3 is 0 Å². The lowest BCUT2D eigenvalue weighted by Crippen LogP contribution is -2.43. The predicted molar refractivity (Wildman–Crippen MR) is 85.4 cm³/mol. The summed E-state index contributed by atoms with van der Waals surface area (Å²) in [6.07, 6.45) is 2.73. The van der Waals surface area contributed by atoms with Gasteiger partial charge in [-0.3, -0.25) is 9.59 Å². The topological polar surface area (TPSA) is 43.4 Å². The van der Waals surface area contributed by atoms with E-state index in [1.807, 2.05) is 24.3 Å². The van der Waals surface area contributed by atoms with E-state index in [0.717, 1.165) is 17.3 Å². The number of carbonyl (C=O) groups is 2. The van der Waals surface area contributed by atoms with Crippen molar-refractivity contribution in [1.82, 2.24) is 0 Å². The number of hydrogen-bond acceptors (Lipinski definition) is 3. The summed E-state index contributed by atoms with van der Waals surface area (Å²) in [7, 11) is 0. The van der Waals surface area contributed by atoms with Gasteiger partial charge in [0.25, 0.3) is 0 Å². The number of halogens is 1. The second kappa shape index (κ2) is 6.56. The number of benzene rings is 1. The molecule has 112 valence electrons. The number of rotatable bonds is 5. The standard InChI is InChI=1S/C17H19BrO3/c1-12(11-21-15-8-4-3-7-14(15)18)17(13(2)19)10-6-5-9-16(17)20/h3-4,7-8H,1,5-6,9-11H2,2H3. The fourth-order valence-corrected chi connectivity index (χ4v) is 3.27. The molecule has 0 aromatic heterocycles. The minimum absolute atomic E-state index is 0.0121. The Labute approximate surface area is 133 Å². The summed E-state index contributed by atoms with van der Waals surface area (Å²) in [6.45, 7) is 5.64. The lowest BCUT2D eigenvalue weighted by atomic mass is 9.66. The molecular formula is C17H19BrO3. The van der Waals surface area contributed by atoms with Crippen LogP contribution in [0.25, 0.3) is 0 Å². The molecule has 1 aromatic rings. The molecule has 1 aliphatic carbocycles. The van der Waals surface area contributed by atoms with Crippen molar-refractivity contribution >= 4 is 27.5 Å². The number of ketones is 2. The molecule has 0 spiro atoms. The molecule has 1 atom stereocenters. The predicted octanol–water partition coefficient (Wildman–Crippen LogP) is 4.10. The molecule has 0 N–H and O–H groups in total. The summed E-state index contributed by atoms with van der Waals surface area (Å²) >= 11 is 3.41. The average Bonchev–Trinajstić information content (AvgIpc) is 2.46. The Morgan fingerprint density at radius 1 is 1.38 bits per heavy atom. The highest BCUT2D eigenvalue weighted by atomic mass is 79.9. The molecule has 0 bridgehead atoms. The first-order valence-corrected chi connectivity index (χ1v) is 7.87. The van der Waals surface area contributed by atoms with Gasteiger partial charge in [-0.15, -0.1) is 0 Å². The molecule has 0 radical (unpaired) electrons. The van der Waals surface area contributed by atoms with Crippen molar-refractivity contribution in [1.29, 1.82) is 0 Å². The van der Waals surface area contributed by atoms with Crippen LogP contribution in [0.15, 0.2) is 40.9 Å². The van der Waals surface area contributed by atoms with E-state index in [-0.39, 0.29) is 18.2 Å². The van der Waals surface area contributed by atoms with E-state index in [9.17, 15) is 9.59 Å². The quantitative estimate of drug-likeness (QED) is 0.593. The summed E-state index contributed by atoms with van der Waals surface area (Å²) in [5, 5.41) is 0. The number of Topliss-reactive ketones (excluding diaryl/α,β-unsaturated/α-hetero) is 2. The van der Waals surface area contributed by atoms with E-state index in [0.29, 0.717) is 24.2 Å². The van der Waals surface area contributed by atoms with Crippen LogP contribution in [-0.4, -0.2) is 18.2 Å². The van der Waals surface area contributed by atoms with Crippen molar-refractivity contribution < 1.29 is 14.3 Å². The molecule has 2 rings (SSSR count). The van der Waals surface area contributed by atoms with Crippen molar-refractivity contribution in [3.05, 3.63) is 40.9 Å². The maximum atomic E-state index is 12.3. The maximum Gasteiger partial charge on any atom is 0.150 e. The minimum atomic E-state index is -1.04. The van der Waals surface area contributed by atoms with Crippen molar-refractivity contribution in [2.75, 3.05) is 6.61 Å². The Morgan fingerprint density at radius 3 is 2.71 bits per heavy atom. The molecule has 1 aliphatic rings. The van der Waals surface area contributed by atoms with Crippen LogP contribution in [0.1, 0.15) is 32.6 Å². The van der Waals surface area contributed by atoms with Gasteiger partial charge in [0.15, 0.2) is 5.78 Å². The van der Waals surface area contributed by atoms with E-state index >= 15 is 0 Å². The third kappa shape index (κ3) is 3.10.